The Balaban J connectivity index is 1.85. The molecule has 3 rings (SSSR count). The summed E-state index contributed by atoms with van der Waals surface area (Å²) in [4.78, 5) is 14.5. The van der Waals surface area contributed by atoms with E-state index in [1.807, 2.05) is 18.2 Å². The number of hydrogen-bond acceptors (Lipinski definition) is 3. The maximum absolute atomic E-state index is 12.6. The van der Waals surface area contributed by atoms with E-state index in [4.69, 9.17) is 4.74 Å². The lowest BCUT2D eigenvalue weighted by Crippen LogP contribution is -2.30. The molecule has 1 N–H and O–H groups in total. The molecule has 4 nitrogen and oxygen atoms in total. The number of carbonyl (C=O) groups is 1. The summed E-state index contributed by atoms with van der Waals surface area (Å²) in [6.07, 6.45) is 0. The molecule has 0 aromatic heterocycles. The second-order valence-corrected chi connectivity index (χ2v) is 6.98. The summed E-state index contributed by atoms with van der Waals surface area (Å²) in [5.74, 6) is 1.80. The summed E-state index contributed by atoms with van der Waals surface area (Å²) in [7, 11) is 0. The number of benzene rings is 1. The van der Waals surface area contributed by atoms with E-state index in [9.17, 15) is 9.18 Å². The Morgan fingerprint density at radius 3 is 2.96 bits per heavy atom. The molecule has 1 aromatic rings. The lowest BCUT2D eigenvalue weighted by molar-refractivity contribution is 0.0950. The van der Waals surface area contributed by atoms with Crippen molar-refractivity contribution in [2.45, 2.75) is 19.8 Å². The average molecular weight is 320 g/mol. The summed E-state index contributed by atoms with van der Waals surface area (Å²) in [6.45, 7) is 7.31. The minimum absolute atomic E-state index is 0.0264. The Hall–Kier alpha value is -1.62. The van der Waals surface area contributed by atoms with Crippen LogP contribution in [0.15, 0.2) is 18.2 Å². The van der Waals surface area contributed by atoms with Crippen molar-refractivity contribution in [3.05, 3.63) is 29.3 Å². The standard InChI is InChI=1S/C18H25FN2O2/c1-12(2)11-23-14-3-4-15-16(7-14)18(22)20-8-13-9-21(6-5-19)10-17(13)15/h3-4,7,12-13,17H,5-6,8-11H2,1-2H3,(H,20,22)/t13-,17-/m1/s1. The Bertz CT molecular complexity index is 576. The van der Waals surface area contributed by atoms with Crippen LogP contribution in [0.2, 0.25) is 0 Å². The Morgan fingerprint density at radius 1 is 1.39 bits per heavy atom. The first-order valence-corrected chi connectivity index (χ1v) is 8.41. The van der Waals surface area contributed by atoms with Crippen molar-refractivity contribution in [3.8, 4) is 5.75 Å². The molecule has 0 aliphatic carbocycles. The maximum Gasteiger partial charge on any atom is 0.251 e. The molecule has 0 unspecified atom stereocenters. The molecule has 2 aliphatic rings. The molecule has 2 aliphatic heterocycles. The molecule has 0 radical (unpaired) electrons. The van der Waals surface area contributed by atoms with Crippen LogP contribution in [0.3, 0.4) is 0 Å². The smallest absolute Gasteiger partial charge is 0.251 e. The van der Waals surface area contributed by atoms with Gasteiger partial charge in [-0.05, 0) is 29.5 Å². The molecule has 5 heteroatoms. The zero-order valence-corrected chi connectivity index (χ0v) is 13.8. The average Bonchev–Trinajstić information content (AvgIpc) is 2.88. The largest absolute Gasteiger partial charge is 0.493 e. The van der Waals surface area contributed by atoms with E-state index in [0.29, 0.717) is 37.1 Å². The van der Waals surface area contributed by atoms with Crippen molar-refractivity contribution in [2.75, 3.05) is 39.5 Å². The minimum Gasteiger partial charge on any atom is -0.493 e. The van der Waals surface area contributed by atoms with Crippen molar-refractivity contribution in [3.63, 3.8) is 0 Å². The molecule has 1 saturated heterocycles. The molecule has 0 spiro atoms. The fourth-order valence-electron chi connectivity index (χ4n) is 3.55. The second-order valence-electron chi connectivity index (χ2n) is 6.98. The van der Waals surface area contributed by atoms with Gasteiger partial charge in [-0.3, -0.25) is 9.69 Å². The number of ether oxygens (including phenoxy) is 1. The van der Waals surface area contributed by atoms with E-state index in [-0.39, 0.29) is 18.5 Å². The van der Waals surface area contributed by atoms with Gasteiger partial charge in [0.05, 0.1) is 6.61 Å². The number of hydrogen-bond donors (Lipinski definition) is 1. The summed E-state index contributed by atoms with van der Waals surface area (Å²) >= 11 is 0. The highest BCUT2D eigenvalue weighted by molar-refractivity contribution is 5.96. The zero-order valence-electron chi connectivity index (χ0n) is 13.8. The third-order valence-electron chi connectivity index (χ3n) is 4.69. The Kier molecular flexibility index (Phi) is 4.85. The minimum atomic E-state index is -0.319. The third kappa shape index (κ3) is 3.50. The predicted octanol–water partition coefficient (Wildman–Crippen LogP) is 2.45. The van der Waals surface area contributed by atoms with Crippen molar-refractivity contribution in [2.24, 2.45) is 11.8 Å². The molecule has 1 amide bonds. The number of rotatable bonds is 5. The molecule has 2 heterocycles. The van der Waals surface area contributed by atoms with Crippen LogP contribution < -0.4 is 10.1 Å². The molecule has 126 valence electrons. The fraction of sp³-hybridized carbons (Fsp3) is 0.611. The molecule has 23 heavy (non-hydrogen) atoms. The number of halogens is 1. The molecule has 1 aromatic carbocycles. The van der Waals surface area contributed by atoms with E-state index in [1.165, 1.54) is 0 Å². The van der Waals surface area contributed by atoms with Gasteiger partial charge in [0.25, 0.3) is 5.91 Å². The Labute approximate surface area is 137 Å². The van der Waals surface area contributed by atoms with Gasteiger partial charge < -0.3 is 10.1 Å². The van der Waals surface area contributed by atoms with E-state index in [0.717, 1.165) is 24.4 Å². The quantitative estimate of drug-likeness (QED) is 0.906. The van der Waals surface area contributed by atoms with E-state index in [1.54, 1.807) is 0 Å². The lowest BCUT2D eigenvalue weighted by Gasteiger charge is -2.17. The van der Waals surface area contributed by atoms with Gasteiger partial charge in [-0.2, -0.15) is 0 Å². The van der Waals surface area contributed by atoms with E-state index < -0.39 is 0 Å². The fourth-order valence-corrected chi connectivity index (χ4v) is 3.55. The normalized spacial score (nSPS) is 24.1. The molecule has 1 fully saturated rings. The van der Waals surface area contributed by atoms with Gasteiger partial charge in [0.1, 0.15) is 12.4 Å². The maximum atomic E-state index is 12.6. The van der Waals surface area contributed by atoms with Crippen LogP contribution in [0.25, 0.3) is 0 Å². The lowest BCUT2D eigenvalue weighted by atomic mass is 9.87. The summed E-state index contributed by atoms with van der Waals surface area (Å²) < 4.78 is 18.4. The number of nitrogens with one attached hydrogen (secondary N) is 1. The second kappa shape index (κ2) is 6.87. The van der Waals surface area contributed by atoms with Crippen molar-refractivity contribution < 1.29 is 13.9 Å². The Morgan fingerprint density at radius 2 is 2.22 bits per heavy atom. The van der Waals surface area contributed by atoms with Gasteiger partial charge in [-0.15, -0.1) is 0 Å². The highest BCUT2D eigenvalue weighted by atomic mass is 19.1. The van der Waals surface area contributed by atoms with Gasteiger partial charge in [0.15, 0.2) is 0 Å². The third-order valence-corrected chi connectivity index (χ3v) is 4.69. The SMILES string of the molecule is CC(C)COc1ccc2c(c1)C(=O)NC[C@@H]1CN(CCF)C[C@@H]21. The number of carbonyl (C=O) groups excluding carboxylic acids is 1. The van der Waals surface area contributed by atoms with Crippen LogP contribution in [0.1, 0.15) is 35.7 Å². The van der Waals surface area contributed by atoms with Gasteiger partial charge in [-0.1, -0.05) is 19.9 Å². The first-order chi connectivity index (χ1) is 11.1. The van der Waals surface area contributed by atoms with E-state index in [2.05, 4.69) is 24.1 Å². The first-order valence-electron chi connectivity index (χ1n) is 8.41. The molecule has 0 bridgehead atoms. The highest BCUT2D eigenvalue weighted by Gasteiger charge is 2.37. The van der Waals surface area contributed by atoms with Gasteiger partial charge in [0.2, 0.25) is 0 Å². The monoisotopic (exact) mass is 320 g/mol. The number of amides is 1. The number of alkyl halides is 1. The van der Waals surface area contributed by atoms with Crippen molar-refractivity contribution >= 4 is 5.91 Å². The van der Waals surface area contributed by atoms with Crippen LogP contribution in [0.5, 0.6) is 5.75 Å². The van der Waals surface area contributed by atoms with Gasteiger partial charge >= 0.3 is 0 Å². The number of fused-ring (bicyclic) bond motifs is 3. The molecule has 0 saturated carbocycles. The summed E-state index contributed by atoms with van der Waals surface area (Å²) in [5.41, 5.74) is 1.78. The van der Waals surface area contributed by atoms with Gasteiger partial charge in [-0.25, -0.2) is 4.39 Å². The highest BCUT2D eigenvalue weighted by Crippen LogP contribution is 2.37. The van der Waals surface area contributed by atoms with Crippen molar-refractivity contribution in [1.29, 1.82) is 0 Å². The van der Waals surface area contributed by atoms with Crippen LogP contribution in [0, 0.1) is 11.8 Å². The van der Waals surface area contributed by atoms with E-state index >= 15 is 0 Å². The van der Waals surface area contributed by atoms with Gasteiger partial charge in [0, 0.05) is 37.7 Å². The summed E-state index contributed by atoms with van der Waals surface area (Å²) in [5, 5.41) is 3.01. The number of likely N-dealkylation sites (tertiary alicyclic amines) is 1. The van der Waals surface area contributed by atoms with Crippen LogP contribution in [0.4, 0.5) is 4.39 Å². The molecular weight excluding hydrogens is 295 g/mol. The summed E-state index contributed by atoms with van der Waals surface area (Å²) in [6, 6.07) is 5.83. The molecule has 2 atom stereocenters. The zero-order chi connectivity index (χ0) is 16.4. The van der Waals surface area contributed by atoms with Crippen LogP contribution >= 0.6 is 0 Å². The number of nitrogens with zero attached hydrogens (tertiary/aromatic N) is 1. The van der Waals surface area contributed by atoms with Crippen molar-refractivity contribution in [1.82, 2.24) is 10.2 Å². The first kappa shape index (κ1) is 16.2. The predicted molar refractivity (Wildman–Crippen MR) is 87.8 cm³/mol. The molecular formula is C18H25FN2O2. The van der Waals surface area contributed by atoms with Crippen LogP contribution in [-0.4, -0.2) is 50.3 Å². The topological polar surface area (TPSA) is 41.6 Å². The van der Waals surface area contributed by atoms with Crippen LogP contribution in [-0.2, 0) is 0 Å².